The Hall–Kier alpha value is -0.220. The molecular weight excluding hydrogens is 242 g/mol. The minimum Gasteiger partial charge on any atom is -0.387 e. The van der Waals surface area contributed by atoms with Crippen LogP contribution in [-0.2, 0) is 0 Å². The molecule has 0 saturated carbocycles. The lowest BCUT2D eigenvalue weighted by atomic mass is 10.1. The van der Waals surface area contributed by atoms with E-state index in [4.69, 9.17) is 11.6 Å². The maximum Gasteiger partial charge on any atom is 0.0928 e. The smallest absolute Gasteiger partial charge is 0.0928 e. The van der Waals surface area contributed by atoms with Gasteiger partial charge in [0.25, 0.3) is 0 Å². The second kappa shape index (κ2) is 7.96. The molecule has 0 aliphatic rings. The number of aliphatic hydroxyl groups excluding tert-OH is 1. The fourth-order valence-electron chi connectivity index (χ4n) is 1.44. The van der Waals surface area contributed by atoms with Crippen molar-refractivity contribution in [1.82, 2.24) is 5.32 Å². The standard InChI is InChI=1S/C12H18ClNOS/c1-16-8-4-7-14-9-12(15)10-5-2-3-6-11(10)13/h2-3,5-6,12,14-15H,4,7-9H2,1H3. The molecule has 0 aliphatic heterocycles. The molecule has 0 spiro atoms. The summed E-state index contributed by atoms with van der Waals surface area (Å²) in [4.78, 5) is 0. The maximum atomic E-state index is 9.91. The Labute approximate surface area is 106 Å². The van der Waals surface area contributed by atoms with Crippen molar-refractivity contribution in [3.05, 3.63) is 34.9 Å². The number of halogens is 1. The Morgan fingerprint density at radius 1 is 1.44 bits per heavy atom. The lowest BCUT2D eigenvalue weighted by molar-refractivity contribution is 0.175. The van der Waals surface area contributed by atoms with Crippen molar-refractivity contribution in [1.29, 1.82) is 0 Å². The van der Waals surface area contributed by atoms with Gasteiger partial charge in [0.2, 0.25) is 0 Å². The molecule has 0 fully saturated rings. The molecule has 0 radical (unpaired) electrons. The van der Waals surface area contributed by atoms with E-state index < -0.39 is 6.10 Å². The normalized spacial score (nSPS) is 12.7. The molecule has 16 heavy (non-hydrogen) atoms. The Morgan fingerprint density at radius 3 is 2.88 bits per heavy atom. The zero-order valence-corrected chi connectivity index (χ0v) is 11.0. The van der Waals surface area contributed by atoms with Gasteiger partial charge in [-0.15, -0.1) is 0 Å². The van der Waals surface area contributed by atoms with Crippen molar-refractivity contribution in [2.75, 3.05) is 25.1 Å². The first-order valence-corrected chi connectivity index (χ1v) is 7.15. The third kappa shape index (κ3) is 4.74. The molecule has 0 saturated heterocycles. The van der Waals surface area contributed by atoms with Crippen molar-refractivity contribution < 1.29 is 5.11 Å². The quantitative estimate of drug-likeness (QED) is 0.739. The number of aliphatic hydroxyl groups is 1. The van der Waals surface area contributed by atoms with Crippen LogP contribution in [-0.4, -0.2) is 30.2 Å². The first-order valence-electron chi connectivity index (χ1n) is 5.38. The fourth-order valence-corrected chi connectivity index (χ4v) is 2.13. The van der Waals surface area contributed by atoms with Crippen molar-refractivity contribution in [2.45, 2.75) is 12.5 Å². The predicted octanol–water partition coefficient (Wildman–Crippen LogP) is 2.72. The van der Waals surface area contributed by atoms with Gasteiger partial charge < -0.3 is 10.4 Å². The number of hydrogen-bond donors (Lipinski definition) is 2. The predicted molar refractivity (Wildman–Crippen MR) is 72.3 cm³/mol. The highest BCUT2D eigenvalue weighted by Crippen LogP contribution is 2.21. The van der Waals surface area contributed by atoms with Gasteiger partial charge in [0, 0.05) is 17.1 Å². The molecular formula is C12H18ClNOS. The highest BCUT2D eigenvalue weighted by molar-refractivity contribution is 7.98. The van der Waals surface area contributed by atoms with E-state index in [2.05, 4.69) is 11.6 Å². The molecule has 0 aromatic heterocycles. The zero-order chi connectivity index (χ0) is 11.8. The lowest BCUT2D eigenvalue weighted by Gasteiger charge is -2.13. The van der Waals surface area contributed by atoms with E-state index in [1.807, 2.05) is 30.0 Å². The van der Waals surface area contributed by atoms with Gasteiger partial charge in [0.1, 0.15) is 0 Å². The van der Waals surface area contributed by atoms with E-state index in [0.717, 1.165) is 24.3 Å². The van der Waals surface area contributed by atoms with Crippen molar-refractivity contribution in [3.8, 4) is 0 Å². The van der Waals surface area contributed by atoms with Gasteiger partial charge >= 0.3 is 0 Å². The summed E-state index contributed by atoms with van der Waals surface area (Å²) >= 11 is 7.83. The summed E-state index contributed by atoms with van der Waals surface area (Å²) in [6.45, 7) is 1.49. The monoisotopic (exact) mass is 259 g/mol. The topological polar surface area (TPSA) is 32.3 Å². The van der Waals surface area contributed by atoms with Crippen molar-refractivity contribution in [3.63, 3.8) is 0 Å². The first kappa shape index (κ1) is 13.8. The molecule has 0 aliphatic carbocycles. The average Bonchev–Trinajstić information content (AvgIpc) is 2.29. The van der Waals surface area contributed by atoms with Crippen LogP contribution in [0.1, 0.15) is 18.1 Å². The second-order valence-corrected chi connectivity index (χ2v) is 4.98. The molecule has 1 unspecified atom stereocenters. The molecule has 0 amide bonds. The van der Waals surface area contributed by atoms with Gasteiger partial charge in [-0.2, -0.15) is 11.8 Å². The Morgan fingerprint density at radius 2 is 2.19 bits per heavy atom. The minimum atomic E-state index is -0.525. The van der Waals surface area contributed by atoms with E-state index in [1.54, 1.807) is 6.07 Å². The third-order valence-corrected chi connectivity index (χ3v) is 3.35. The Bertz CT molecular complexity index is 309. The summed E-state index contributed by atoms with van der Waals surface area (Å²) in [6, 6.07) is 7.41. The van der Waals surface area contributed by atoms with Crippen LogP contribution in [0.25, 0.3) is 0 Å². The van der Waals surface area contributed by atoms with E-state index >= 15 is 0 Å². The zero-order valence-electron chi connectivity index (χ0n) is 9.45. The van der Waals surface area contributed by atoms with Crippen molar-refractivity contribution in [2.24, 2.45) is 0 Å². The largest absolute Gasteiger partial charge is 0.387 e. The van der Waals surface area contributed by atoms with Crippen LogP contribution in [0.5, 0.6) is 0 Å². The summed E-state index contributed by atoms with van der Waals surface area (Å²) < 4.78 is 0. The van der Waals surface area contributed by atoms with Gasteiger partial charge in [-0.25, -0.2) is 0 Å². The van der Waals surface area contributed by atoms with Gasteiger partial charge in [-0.1, -0.05) is 29.8 Å². The van der Waals surface area contributed by atoms with E-state index in [9.17, 15) is 5.11 Å². The second-order valence-electron chi connectivity index (χ2n) is 3.59. The highest BCUT2D eigenvalue weighted by Gasteiger charge is 2.09. The summed E-state index contributed by atoms with van der Waals surface area (Å²) in [7, 11) is 0. The van der Waals surface area contributed by atoms with Crippen LogP contribution in [0.15, 0.2) is 24.3 Å². The molecule has 2 nitrogen and oxygen atoms in total. The molecule has 90 valence electrons. The summed E-state index contributed by atoms with van der Waals surface area (Å²) in [5.41, 5.74) is 0.793. The SMILES string of the molecule is CSCCCNCC(O)c1ccccc1Cl. The molecule has 2 N–H and O–H groups in total. The van der Waals surface area contributed by atoms with Crippen LogP contribution in [0, 0.1) is 0 Å². The third-order valence-electron chi connectivity index (χ3n) is 2.30. The Kier molecular flexibility index (Phi) is 6.88. The van der Waals surface area contributed by atoms with E-state index in [-0.39, 0.29) is 0 Å². The van der Waals surface area contributed by atoms with Gasteiger partial charge in [-0.05, 0) is 31.0 Å². The van der Waals surface area contributed by atoms with Gasteiger partial charge in [-0.3, -0.25) is 0 Å². The molecule has 0 heterocycles. The average molecular weight is 260 g/mol. The molecule has 1 atom stereocenters. The molecule has 1 aromatic carbocycles. The summed E-state index contributed by atoms with van der Waals surface area (Å²) in [6.07, 6.45) is 2.69. The molecule has 4 heteroatoms. The van der Waals surface area contributed by atoms with Gasteiger partial charge in [0.15, 0.2) is 0 Å². The minimum absolute atomic E-state index is 0.525. The highest BCUT2D eigenvalue weighted by atomic mass is 35.5. The maximum absolute atomic E-state index is 9.91. The van der Waals surface area contributed by atoms with Crippen molar-refractivity contribution >= 4 is 23.4 Å². The fraction of sp³-hybridized carbons (Fsp3) is 0.500. The lowest BCUT2D eigenvalue weighted by Crippen LogP contribution is -2.23. The first-order chi connectivity index (χ1) is 7.75. The summed E-state index contributed by atoms with van der Waals surface area (Å²) in [5, 5.41) is 13.8. The van der Waals surface area contributed by atoms with E-state index in [1.165, 1.54) is 0 Å². The van der Waals surface area contributed by atoms with Crippen LogP contribution in [0.4, 0.5) is 0 Å². The number of hydrogen-bond acceptors (Lipinski definition) is 3. The van der Waals surface area contributed by atoms with Crippen LogP contribution >= 0.6 is 23.4 Å². The van der Waals surface area contributed by atoms with Crippen LogP contribution < -0.4 is 5.32 Å². The number of benzene rings is 1. The Balaban J connectivity index is 2.30. The molecule has 1 aromatic rings. The number of rotatable bonds is 7. The summed E-state index contributed by atoms with van der Waals surface area (Å²) in [5.74, 6) is 1.15. The molecule has 0 bridgehead atoms. The van der Waals surface area contributed by atoms with Crippen LogP contribution in [0.2, 0.25) is 5.02 Å². The van der Waals surface area contributed by atoms with E-state index in [0.29, 0.717) is 11.6 Å². The molecule has 1 rings (SSSR count). The number of nitrogens with one attached hydrogen (secondary N) is 1. The van der Waals surface area contributed by atoms with Crippen LogP contribution in [0.3, 0.4) is 0 Å². The van der Waals surface area contributed by atoms with Gasteiger partial charge in [0.05, 0.1) is 6.10 Å². The number of thioether (sulfide) groups is 1.